The van der Waals surface area contributed by atoms with E-state index in [1.807, 2.05) is 0 Å². The Bertz CT molecular complexity index is 420. The quantitative estimate of drug-likeness (QED) is 0.409. The van der Waals surface area contributed by atoms with Gasteiger partial charge in [-0.15, -0.1) is 0 Å². The number of hydrogen-bond donors (Lipinski definition) is 2. The van der Waals surface area contributed by atoms with Crippen LogP contribution in [0.1, 0.15) is 20.7 Å². The normalized spacial score (nSPS) is 11.2. The van der Waals surface area contributed by atoms with Crippen LogP contribution in [-0.4, -0.2) is 41.5 Å². The molecule has 0 aliphatic rings. The molecule has 0 heterocycles. The van der Waals surface area contributed by atoms with Crippen LogP contribution in [0, 0.1) is 0 Å². The molecule has 7 heteroatoms. The number of benzene rings is 1. The number of aliphatic hydroxyl groups is 2. The van der Waals surface area contributed by atoms with Crippen LogP contribution in [0.5, 0.6) is 0 Å². The van der Waals surface area contributed by atoms with Crippen molar-refractivity contribution in [2.24, 2.45) is 0 Å². The van der Waals surface area contributed by atoms with E-state index in [1.54, 1.807) is 0 Å². The number of carbonyl (C=O) groups is 2. The number of carbonyl (C=O) groups excluding carboxylic acids is 2. The number of esters is 1. The van der Waals surface area contributed by atoms with Gasteiger partial charge in [-0.2, -0.15) is 0 Å². The average molecular weight is 262 g/mol. The Morgan fingerprint density at radius 1 is 1.28 bits per heavy atom. The monoisotopic (exact) mass is 262 g/mol. The molecule has 0 saturated heterocycles. The van der Waals surface area contributed by atoms with Crippen LogP contribution in [0.15, 0.2) is 24.3 Å². The first-order chi connectivity index (χ1) is 8.06. The summed E-state index contributed by atoms with van der Waals surface area (Å²) in [5, 5.41) is 28.2. The molecule has 0 spiro atoms. The smallest absolute Gasteiger partial charge is 0.545 e. The van der Waals surface area contributed by atoms with E-state index < -0.39 is 31.3 Å². The Morgan fingerprint density at radius 2 is 1.83 bits per heavy atom. The van der Waals surface area contributed by atoms with Gasteiger partial charge in [-0.3, -0.25) is 0 Å². The van der Waals surface area contributed by atoms with Crippen molar-refractivity contribution in [2.45, 2.75) is 6.10 Å². The van der Waals surface area contributed by atoms with Crippen molar-refractivity contribution in [3.8, 4) is 0 Å². The molecule has 0 aliphatic heterocycles. The largest absolute Gasteiger partial charge is 1.00 e. The van der Waals surface area contributed by atoms with Crippen LogP contribution in [0.25, 0.3) is 0 Å². The zero-order valence-corrected chi connectivity index (χ0v) is 11.8. The molecule has 0 amide bonds. The minimum atomic E-state index is -1.49. The van der Waals surface area contributed by atoms with Gasteiger partial charge in [0, 0.05) is 5.56 Å². The Labute approximate surface area is 125 Å². The van der Waals surface area contributed by atoms with Gasteiger partial charge in [-0.25, -0.2) is 4.79 Å². The molecule has 18 heavy (non-hydrogen) atoms. The van der Waals surface area contributed by atoms with Gasteiger partial charge >= 0.3 is 35.5 Å². The van der Waals surface area contributed by atoms with Crippen molar-refractivity contribution in [1.29, 1.82) is 0 Å². The number of aromatic carboxylic acids is 1. The number of carboxylic acids is 1. The summed E-state index contributed by atoms with van der Waals surface area (Å²) in [5.41, 5.74) is -0.436. The van der Waals surface area contributed by atoms with E-state index in [0.29, 0.717) is 0 Å². The number of ether oxygens (including phenoxy) is 1. The predicted molar refractivity (Wildman–Crippen MR) is 54.1 cm³/mol. The first kappa shape index (κ1) is 17.1. The third-order valence-corrected chi connectivity index (χ3v) is 1.98. The Hall–Kier alpha value is -0.920. The van der Waals surface area contributed by atoms with Crippen LogP contribution in [0.4, 0.5) is 0 Å². The summed E-state index contributed by atoms with van der Waals surface area (Å²) in [5.74, 6) is -2.38. The molecule has 6 nitrogen and oxygen atoms in total. The maximum atomic E-state index is 11.5. The van der Waals surface area contributed by atoms with Gasteiger partial charge in [0.1, 0.15) is 12.7 Å². The Morgan fingerprint density at radius 3 is 2.33 bits per heavy atom. The van der Waals surface area contributed by atoms with Crippen LogP contribution < -0.4 is 34.7 Å². The summed E-state index contributed by atoms with van der Waals surface area (Å²) in [6, 6.07) is 5.42. The molecule has 0 aliphatic carbocycles. The van der Waals surface area contributed by atoms with Gasteiger partial charge in [-0.05, 0) is 6.07 Å². The number of carboxylic acid groups (broad SMARTS) is 1. The molecule has 2 N–H and O–H groups in total. The molecule has 1 atom stereocenters. The topological polar surface area (TPSA) is 107 Å². The maximum absolute atomic E-state index is 11.5. The molecule has 0 saturated carbocycles. The molecule has 0 aromatic heterocycles. The Balaban J connectivity index is 0.00000289. The van der Waals surface area contributed by atoms with Crippen molar-refractivity contribution in [2.75, 3.05) is 13.2 Å². The fraction of sp³-hybridized carbons (Fsp3) is 0.273. The van der Waals surface area contributed by atoms with E-state index >= 15 is 0 Å². The van der Waals surface area contributed by atoms with E-state index in [9.17, 15) is 14.7 Å². The fourth-order valence-electron chi connectivity index (χ4n) is 1.14. The van der Waals surface area contributed by atoms with Gasteiger partial charge in [0.2, 0.25) is 0 Å². The predicted octanol–water partition coefficient (Wildman–Crippen LogP) is -4.44. The third kappa shape index (κ3) is 4.75. The van der Waals surface area contributed by atoms with Crippen LogP contribution in [0.2, 0.25) is 0 Å². The summed E-state index contributed by atoms with van der Waals surface area (Å²) in [7, 11) is 0. The summed E-state index contributed by atoms with van der Waals surface area (Å²) in [4.78, 5) is 22.2. The fourth-order valence-corrected chi connectivity index (χ4v) is 1.14. The maximum Gasteiger partial charge on any atom is 1.00 e. The van der Waals surface area contributed by atoms with E-state index in [1.165, 1.54) is 24.3 Å². The van der Waals surface area contributed by atoms with Crippen molar-refractivity contribution in [3.05, 3.63) is 35.4 Å². The molecule has 1 aromatic carbocycles. The molecular weight excluding hydrogens is 251 g/mol. The van der Waals surface area contributed by atoms with E-state index in [4.69, 9.17) is 10.2 Å². The van der Waals surface area contributed by atoms with Gasteiger partial charge in [0.25, 0.3) is 0 Å². The van der Waals surface area contributed by atoms with Crippen molar-refractivity contribution < 1.29 is 59.2 Å². The van der Waals surface area contributed by atoms with Gasteiger partial charge < -0.3 is 24.9 Å². The second-order valence-electron chi connectivity index (χ2n) is 3.27. The summed E-state index contributed by atoms with van der Waals surface area (Å²) < 4.78 is 4.63. The standard InChI is InChI=1S/C11H12O6.Na/c12-5-7(13)6-17-11(16)9-4-2-1-3-8(9)10(14)15;/h1-4,7,12-13H,5-6H2,(H,14,15);/q;+1/p-1. The molecule has 1 unspecified atom stereocenters. The van der Waals surface area contributed by atoms with Gasteiger partial charge in [0.15, 0.2) is 0 Å². The Kier molecular flexibility index (Phi) is 7.81. The first-order valence-corrected chi connectivity index (χ1v) is 4.82. The van der Waals surface area contributed by atoms with Crippen LogP contribution in [-0.2, 0) is 4.74 Å². The molecule has 1 aromatic rings. The second kappa shape index (κ2) is 8.23. The SMILES string of the molecule is O=C([O-])c1ccccc1C(=O)OCC(O)CO.[Na+]. The number of aliphatic hydroxyl groups excluding tert-OH is 2. The minimum Gasteiger partial charge on any atom is -0.545 e. The molecule has 0 fully saturated rings. The van der Waals surface area contributed by atoms with E-state index in [2.05, 4.69) is 4.74 Å². The molecule has 0 bridgehead atoms. The van der Waals surface area contributed by atoms with Crippen LogP contribution in [0.3, 0.4) is 0 Å². The average Bonchev–Trinajstić information content (AvgIpc) is 2.35. The van der Waals surface area contributed by atoms with Crippen LogP contribution >= 0.6 is 0 Å². The molecule has 0 radical (unpaired) electrons. The number of rotatable bonds is 5. The van der Waals surface area contributed by atoms with Crippen molar-refractivity contribution in [3.63, 3.8) is 0 Å². The van der Waals surface area contributed by atoms with Crippen molar-refractivity contribution in [1.82, 2.24) is 0 Å². The van der Waals surface area contributed by atoms with Crippen molar-refractivity contribution >= 4 is 11.9 Å². The van der Waals surface area contributed by atoms with Gasteiger partial charge in [0.05, 0.1) is 18.1 Å². The zero-order chi connectivity index (χ0) is 12.8. The number of hydrogen-bond acceptors (Lipinski definition) is 6. The summed E-state index contributed by atoms with van der Waals surface area (Å²) in [6.07, 6.45) is -1.19. The second-order valence-corrected chi connectivity index (χ2v) is 3.27. The first-order valence-electron chi connectivity index (χ1n) is 4.82. The van der Waals surface area contributed by atoms with E-state index in [0.717, 1.165) is 0 Å². The third-order valence-electron chi connectivity index (χ3n) is 1.98. The van der Waals surface area contributed by atoms with E-state index in [-0.39, 0.29) is 40.7 Å². The molecular formula is C11H11NaO6. The summed E-state index contributed by atoms with van der Waals surface area (Å²) in [6.45, 7) is -0.952. The zero-order valence-electron chi connectivity index (χ0n) is 9.83. The molecule has 1 rings (SSSR count). The molecule has 92 valence electrons. The minimum absolute atomic E-state index is 0. The summed E-state index contributed by atoms with van der Waals surface area (Å²) >= 11 is 0. The van der Waals surface area contributed by atoms with Gasteiger partial charge in [-0.1, -0.05) is 18.2 Å².